The fraction of sp³-hybridized carbons (Fsp3) is 1.00. The van der Waals surface area contributed by atoms with E-state index in [-0.39, 0.29) is 17.5 Å². The molecule has 1 aliphatic rings. The maximum atomic E-state index is 11.8. The van der Waals surface area contributed by atoms with Crippen LogP contribution in [0.15, 0.2) is 5.11 Å². The van der Waals surface area contributed by atoms with Crippen molar-refractivity contribution in [1.29, 1.82) is 0 Å². The summed E-state index contributed by atoms with van der Waals surface area (Å²) < 4.78 is 23.6. The van der Waals surface area contributed by atoms with Crippen molar-refractivity contribution in [1.82, 2.24) is 0 Å². The van der Waals surface area contributed by atoms with Gasteiger partial charge in [0.15, 0.2) is 9.84 Å². The van der Waals surface area contributed by atoms with Gasteiger partial charge in [0, 0.05) is 11.5 Å². The monoisotopic (exact) mass is 231 g/mol. The van der Waals surface area contributed by atoms with Gasteiger partial charge in [0.2, 0.25) is 0 Å². The molecule has 0 amide bonds. The fourth-order valence-corrected chi connectivity index (χ4v) is 3.90. The van der Waals surface area contributed by atoms with Gasteiger partial charge in [0.1, 0.15) is 0 Å². The molecule has 1 rings (SSSR count). The third-order valence-corrected chi connectivity index (χ3v) is 5.13. The number of sulfone groups is 1. The maximum absolute atomic E-state index is 11.8. The zero-order valence-electron chi connectivity index (χ0n) is 8.96. The van der Waals surface area contributed by atoms with Crippen molar-refractivity contribution in [2.75, 3.05) is 12.3 Å². The van der Waals surface area contributed by atoms with Crippen LogP contribution >= 0.6 is 0 Å². The minimum absolute atomic E-state index is 0.00551. The Labute approximate surface area is 90.4 Å². The summed E-state index contributed by atoms with van der Waals surface area (Å²) in [5, 5.41) is 3.06. The molecule has 0 saturated heterocycles. The summed E-state index contributed by atoms with van der Waals surface area (Å²) in [6.45, 7) is 2.15. The van der Waals surface area contributed by atoms with E-state index in [1.165, 1.54) is 0 Å². The van der Waals surface area contributed by atoms with Crippen LogP contribution in [0.3, 0.4) is 0 Å². The molecule has 6 heteroatoms. The van der Waals surface area contributed by atoms with Gasteiger partial charge in [0.25, 0.3) is 0 Å². The second kappa shape index (κ2) is 5.37. The Hall–Kier alpha value is -0.740. The summed E-state index contributed by atoms with van der Waals surface area (Å²) in [6, 6.07) is 0. The number of hydrogen-bond acceptors (Lipinski definition) is 3. The predicted molar refractivity (Wildman–Crippen MR) is 59.2 cm³/mol. The first kappa shape index (κ1) is 12.3. The van der Waals surface area contributed by atoms with Gasteiger partial charge in [-0.25, -0.2) is 8.42 Å². The Balaban J connectivity index is 2.56. The standard InChI is InChI=1S/C9H17N3O2S/c1-8-3-2-4-9(7-8)15(13,14)6-5-11-12-10/h8-9H,2-7H2,1H3. The van der Waals surface area contributed by atoms with Crippen molar-refractivity contribution in [3.63, 3.8) is 0 Å². The molecule has 1 fully saturated rings. The summed E-state index contributed by atoms with van der Waals surface area (Å²) in [7, 11) is -3.05. The average Bonchev–Trinajstić information content (AvgIpc) is 2.18. The molecule has 86 valence electrons. The summed E-state index contributed by atoms with van der Waals surface area (Å²) in [5.74, 6) is 0.493. The minimum Gasteiger partial charge on any atom is -0.229 e. The minimum atomic E-state index is -3.05. The van der Waals surface area contributed by atoms with Gasteiger partial charge in [-0.1, -0.05) is 24.9 Å². The van der Waals surface area contributed by atoms with Crippen LogP contribution in [-0.4, -0.2) is 26.0 Å². The third kappa shape index (κ3) is 3.72. The van der Waals surface area contributed by atoms with Crippen LogP contribution in [0, 0.1) is 5.92 Å². The second-order valence-electron chi connectivity index (χ2n) is 4.22. The van der Waals surface area contributed by atoms with E-state index in [0.717, 1.165) is 25.7 Å². The van der Waals surface area contributed by atoms with Crippen LogP contribution in [0.4, 0.5) is 0 Å². The summed E-state index contributed by atoms with van der Waals surface area (Å²) in [6.07, 6.45) is 3.65. The largest absolute Gasteiger partial charge is 0.229 e. The maximum Gasteiger partial charge on any atom is 0.153 e. The molecule has 0 aromatic rings. The molecule has 0 spiro atoms. The van der Waals surface area contributed by atoms with Gasteiger partial charge in [-0.15, -0.1) is 0 Å². The van der Waals surface area contributed by atoms with Crippen molar-refractivity contribution < 1.29 is 8.42 Å². The van der Waals surface area contributed by atoms with Crippen LogP contribution in [-0.2, 0) is 9.84 Å². The Morgan fingerprint density at radius 1 is 1.47 bits per heavy atom. The van der Waals surface area contributed by atoms with Crippen molar-refractivity contribution in [2.24, 2.45) is 11.0 Å². The van der Waals surface area contributed by atoms with Gasteiger partial charge in [-0.3, -0.25) is 0 Å². The molecular formula is C9H17N3O2S. The molecule has 0 aromatic heterocycles. The Kier molecular flexibility index (Phi) is 4.42. The molecule has 5 nitrogen and oxygen atoms in total. The van der Waals surface area contributed by atoms with E-state index >= 15 is 0 Å². The van der Waals surface area contributed by atoms with Crippen molar-refractivity contribution in [3.8, 4) is 0 Å². The first-order valence-corrected chi connectivity index (χ1v) is 7.00. The lowest BCUT2D eigenvalue weighted by molar-refractivity contribution is 0.382. The van der Waals surface area contributed by atoms with E-state index < -0.39 is 9.84 Å². The van der Waals surface area contributed by atoms with E-state index in [0.29, 0.717) is 5.92 Å². The lowest BCUT2D eigenvalue weighted by Crippen LogP contribution is -2.30. The van der Waals surface area contributed by atoms with Crippen LogP contribution in [0.1, 0.15) is 32.6 Å². The first-order chi connectivity index (χ1) is 7.06. The molecule has 0 N–H and O–H groups in total. The van der Waals surface area contributed by atoms with Crippen LogP contribution in [0.25, 0.3) is 10.4 Å². The summed E-state index contributed by atoms with van der Waals surface area (Å²) >= 11 is 0. The summed E-state index contributed by atoms with van der Waals surface area (Å²) in [5.41, 5.74) is 8.08. The highest BCUT2D eigenvalue weighted by Crippen LogP contribution is 2.28. The molecule has 0 aliphatic heterocycles. The number of hydrogen-bond donors (Lipinski definition) is 0. The van der Waals surface area contributed by atoms with Crippen molar-refractivity contribution in [2.45, 2.75) is 37.9 Å². The molecule has 0 radical (unpaired) electrons. The highest BCUT2D eigenvalue weighted by atomic mass is 32.2. The molecule has 0 bridgehead atoms. The Bertz CT molecular complexity index is 346. The molecule has 2 unspecified atom stereocenters. The lowest BCUT2D eigenvalue weighted by Gasteiger charge is -2.26. The van der Waals surface area contributed by atoms with E-state index in [1.807, 2.05) is 0 Å². The zero-order chi connectivity index (χ0) is 11.3. The number of rotatable bonds is 4. The Morgan fingerprint density at radius 3 is 2.80 bits per heavy atom. The topological polar surface area (TPSA) is 82.9 Å². The zero-order valence-corrected chi connectivity index (χ0v) is 9.78. The Morgan fingerprint density at radius 2 is 2.20 bits per heavy atom. The first-order valence-electron chi connectivity index (χ1n) is 5.28. The quantitative estimate of drug-likeness (QED) is 0.422. The number of nitrogens with zero attached hydrogens (tertiary/aromatic N) is 3. The van der Waals surface area contributed by atoms with E-state index in [4.69, 9.17) is 5.53 Å². The predicted octanol–water partition coefficient (Wildman–Crippen LogP) is 2.29. The van der Waals surface area contributed by atoms with Crippen LogP contribution in [0.2, 0.25) is 0 Å². The van der Waals surface area contributed by atoms with E-state index in [9.17, 15) is 8.42 Å². The average molecular weight is 231 g/mol. The molecule has 1 saturated carbocycles. The van der Waals surface area contributed by atoms with Gasteiger partial charge in [0.05, 0.1) is 11.0 Å². The SMILES string of the molecule is CC1CCCC(S(=O)(=O)CCN=[N+]=[N-])C1. The van der Waals surface area contributed by atoms with Crippen molar-refractivity contribution in [3.05, 3.63) is 10.4 Å². The molecule has 1 aliphatic carbocycles. The van der Waals surface area contributed by atoms with Gasteiger partial charge < -0.3 is 0 Å². The smallest absolute Gasteiger partial charge is 0.153 e. The third-order valence-electron chi connectivity index (χ3n) is 2.94. The van der Waals surface area contributed by atoms with E-state index in [1.54, 1.807) is 0 Å². The number of azide groups is 1. The lowest BCUT2D eigenvalue weighted by atomic mass is 9.91. The normalized spacial score (nSPS) is 27.0. The van der Waals surface area contributed by atoms with Crippen LogP contribution < -0.4 is 0 Å². The van der Waals surface area contributed by atoms with Crippen LogP contribution in [0.5, 0.6) is 0 Å². The highest BCUT2D eigenvalue weighted by Gasteiger charge is 2.29. The van der Waals surface area contributed by atoms with Gasteiger partial charge in [-0.05, 0) is 24.3 Å². The van der Waals surface area contributed by atoms with Crippen molar-refractivity contribution >= 4 is 9.84 Å². The summed E-state index contributed by atoms with van der Waals surface area (Å²) in [4.78, 5) is 2.56. The molecular weight excluding hydrogens is 214 g/mol. The fourth-order valence-electron chi connectivity index (χ4n) is 2.08. The highest BCUT2D eigenvalue weighted by molar-refractivity contribution is 7.92. The molecule has 15 heavy (non-hydrogen) atoms. The molecule has 2 atom stereocenters. The second-order valence-corrected chi connectivity index (χ2v) is 6.62. The van der Waals surface area contributed by atoms with E-state index in [2.05, 4.69) is 16.9 Å². The molecule has 0 aromatic carbocycles. The molecule has 0 heterocycles. The van der Waals surface area contributed by atoms with Gasteiger partial charge in [-0.2, -0.15) is 0 Å². The van der Waals surface area contributed by atoms with Gasteiger partial charge >= 0.3 is 0 Å².